The number of hydrogen-bond donors (Lipinski definition) is 4. The third-order valence-electron chi connectivity index (χ3n) is 4.09. The Labute approximate surface area is 186 Å². The van der Waals surface area contributed by atoms with Gasteiger partial charge in [0.1, 0.15) is 24.3 Å². The van der Waals surface area contributed by atoms with E-state index in [-0.39, 0.29) is 25.4 Å². The summed E-state index contributed by atoms with van der Waals surface area (Å²) in [6, 6.07) is 0. The molecule has 1 aromatic rings. The molecule has 6 N–H and O–H groups in total. The van der Waals surface area contributed by atoms with Crippen LogP contribution in [0.15, 0.2) is 11.0 Å². The molecule has 2 heterocycles. The minimum Gasteiger partial charge on any atom is -0.475 e. The lowest BCUT2D eigenvalue weighted by atomic mass is 9.97. The molecule has 1 aliphatic rings. The van der Waals surface area contributed by atoms with Crippen molar-refractivity contribution in [2.75, 3.05) is 18.9 Å². The molecule has 2 rings (SSSR count). The van der Waals surface area contributed by atoms with Gasteiger partial charge >= 0.3 is 23.8 Å². The number of carboxylic acid groups (broad SMARTS) is 1. The molecule has 33 heavy (non-hydrogen) atoms. The van der Waals surface area contributed by atoms with E-state index in [1.54, 1.807) is 20.8 Å². The Morgan fingerprint density at radius 2 is 1.94 bits per heavy atom. The molecule has 0 bridgehead atoms. The molecule has 0 spiro atoms. The number of nitrogens with zero attached hydrogens (tertiary/aromatic N) is 2. The highest BCUT2D eigenvalue weighted by Crippen LogP contribution is 2.31. The number of anilines is 1. The molecule has 0 aromatic carbocycles. The molecule has 0 aliphatic carbocycles. The lowest BCUT2D eigenvalue weighted by Crippen LogP contribution is -2.34. The first-order valence-electron chi connectivity index (χ1n) is 9.46. The van der Waals surface area contributed by atoms with Gasteiger partial charge in [-0.2, -0.15) is 18.2 Å². The number of aliphatic hydroxyl groups excluding tert-OH is 1. The highest BCUT2D eigenvalue weighted by atomic mass is 19.4. The van der Waals surface area contributed by atoms with Crippen molar-refractivity contribution >= 4 is 17.8 Å². The molecular formula is C19H25F3N4O7. The summed E-state index contributed by atoms with van der Waals surface area (Å²) in [7, 11) is 0. The van der Waals surface area contributed by atoms with E-state index in [0.29, 0.717) is 5.56 Å². The number of esters is 1. The monoisotopic (exact) mass is 478 g/mol. The molecule has 14 heteroatoms. The lowest BCUT2D eigenvalue weighted by molar-refractivity contribution is -0.192. The Balaban J connectivity index is 0.000000675. The number of aliphatic carboxylic acids is 1. The van der Waals surface area contributed by atoms with Gasteiger partial charge in [-0.15, -0.1) is 0 Å². The van der Waals surface area contributed by atoms with Crippen LogP contribution in [-0.4, -0.2) is 63.2 Å². The first-order chi connectivity index (χ1) is 15.1. The summed E-state index contributed by atoms with van der Waals surface area (Å²) in [5, 5.41) is 16.7. The summed E-state index contributed by atoms with van der Waals surface area (Å²) < 4.78 is 44.1. The number of aliphatic hydroxyl groups is 1. The van der Waals surface area contributed by atoms with Gasteiger partial charge in [-0.05, 0) is 20.8 Å². The minimum absolute atomic E-state index is 0.000356. The van der Waals surface area contributed by atoms with Gasteiger partial charge < -0.3 is 31.2 Å². The molecule has 0 amide bonds. The lowest BCUT2D eigenvalue weighted by Gasteiger charge is -2.22. The standard InChI is InChI=1S/C17H24N4O5.C2HF3O2/c1-17(2,3)15(23)26-11-7-13(25-12(11)9-22)21-8-10(5-4-6-18)14(19)20-16(21)24;3-2(4,5)1(6)7/h8,11-13,22H,6-7,9,18H2,1-3H3,(H2,19,20,24);(H,6,7)/t11-,12+,13+;/m0./s1. The third kappa shape index (κ3) is 8.04. The van der Waals surface area contributed by atoms with Crippen molar-refractivity contribution in [3.8, 4) is 11.8 Å². The maximum Gasteiger partial charge on any atom is 0.490 e. The molecule has 0 unspecified atom stereocenters. The van der Waals surface area contributed by atoms with Crippen LogP contribution in [0.3, 0.4) is 0 Å². The van der Waals surface area contributed by atoms with Crippen molar-refractivity contribution in [1.82, 2.24) is 9.55 Å². The van der Waals surface area contributed by atoms with E-state index >= 15 is 0 Å². The molecular weight excluding hydrogens is 453 g/mol. The summed E-state index contributed by atoms with van der Waals surface area (Å²) in [6.07, 6.45) is -5.64. The van der Waals surface area contributed by atoms with Gasteiger partial charge in [0, 0.05) is 12.6 Å². The molecule has 3 atom stereocenters. The molecule has 1 aromatic heterocycles. The number of hydrogen-bond acceptors (Lipinski definition) is 9. The number of nitrogen functional groups attached to an aromatic ring is 1. The zero-order valence-corrected chi connectivity index (χ0v) is 18.0. The zero-order valence-electron chi connectivity index (χ0n) is 18.0. The Morgan fingerprint density at radius 1 is 1.36 bits per heavy atom. The predicted octanol–water partition coefficient (Wildman–Crippen LogP) is 0.00670. The van der Waals surface area contributed by atoms with E-state index in [2.05, 4.69) is 16.8 Å². The summed E-state index contributed by atoms with van der Waals surface area (Å²) in [4.78, 5) is 36.9. The smallest absolute Gasteiger partial charge is 0.475 e. The maximum absolute atomic E-state index is 12.2. The van der Waals surface area contributed by atoms with E-state index in [4.69, 9.17) is 30.8 Å². The van der Waals surface area contributed by atoms with Gasteiger partial charge in [-0.25, -0.2) is 9.59 Å². The number of ether oxygens (including phenoxy) is 2. The fourth-order valence-corrected chi connectivity index (χ4v) is 2.40. The van der Waals surface area contributed by atoms with E-state index < -0.39 is 47.7 Å². The van der Waals surface area contributed by atoms with E-state index in [0.717, 1.165) is 0 Å². The summed E-state index contributed by atoms with van der Waals surface area (Å²) >= 11 is 0. The number of alkyl halides is 3. The number of carbonyl (C=O) groups excluding carboxylic acids is 1. The average molecular weight is 478 g/mol. The van der Waals surface area contributed by atoms with Gasteiger partial charge in [0.2, 0.25) is 0 Å². The number of carbonyl (C=O) groups is 2. The van der Waals surface area contributed by atoms with Crippen molar-refractivity contribution < 1.29 is 42.4 Å². The van der Waals surface area contributed by atoms with Crippen LogP contribution in [0.2, 0.25) is 0 Å². The summed E-state index contributed by atoms with van der Waals surface area (Å²) in [6.45, 7) is 4.97. The van der Waals surface area contributed by atoms with E-state index in [1.165, 1.54) is 10.8 Å². The zero-order chi connectivity index (χ0) is 25.6. The molecule has 1 aliphatic heterocycles. The predicted molar refractivity (Wildman–Crippen MR) is 107 cm³/mol. The molecule has 1 fully saturated rings. The van der Waals surface area contributed by atoms with Crippen molar-refractivity contribution in [2.24, 2.45) is 11.1 Å². The van der Waals surface area contributed by atoms with Crippen LogP contribution in [0.1, 0.15) is 39.0 Å². The minimum atomic E-state index is -5.08. The Bertz CT molecular complexity index is 977. The molecule has 11 nitrogen and oxygen atoms in total. The number of nitrogens with two attached hydrogens (primary N) is 2. The summed E-state index contributed by atoms with van der Waals surface area (Å²) in [5.74, 6) is 2.21. The van der Waals surface area contributed by atoms with Crippen LogP contribution in [-0.2, 0) is 19.1 Å². The first kappa shape index (κ1) is 27.9. The van der Waals surface area contributed by atoms with E-state index in [9.17, 15) is 27.9 Å². The number of aromatic nitrogens is 2. The van der Waals surface area contributed by atoms with Gasteiger partial charge in [-0.3, -0.25) is 9.36 Å². The fraction of sp³-hybridized carbons (Fsp3) is 0.579. The van der Waals surface area contributed by atoms with Crippen LogP contribution in [0, 0.1) is 17.3 Å². The average Bonchev–Trinajstić information content (AvgIpc) is 3.08. The molecule has 184 valence electrons. The van der Waals surface area contributed by atoms with Crippen LogP contribution < -0.4 is 17.2 Å². The SMILES string of the molecule is CC(C)(C)C(=O)O[C@H]1C[C@H](n2cc(C#CCN)c(N)nc2=O)O[C@@H]1CO.O=C(O)C(F)(F)F. The highest BCUT2D eigenvalue weighted by molar-refractivity contribution is 5.75. The van der Waals surface area contributed by atoms with Gasteiger partial charge in [0.25, 0.3) is 0 Å². The van der Waals surface area contributed by atoms with Crippen LogP contribution in [0.4, 0.5) is 19.0 Å². The topological polar surface area (TPSA) is 180 Å². The fourth-order valence-electron chi connectivity index (χ4n) is 2.40. The molecule has 1 saturated heterocycles. The second-order valence-electron chi connectivity index (χ2n) is 7.78. The molecule has 0 radical (unpaired) electrons. The Morgan fingerprint density at radius 3 is 2.39 bits per heavy atom. The summed E-state index contributed by atoms with van der Waals surface area (Å²) in [5.41, 5.74) is 10.1. The van der Waals surface area contributed by atoms with Crippen molar-refractivity contribution in [2.45, 2.75) is 51.8 Å². The largest absolute Gasteiger partial charge is 0.490 e. The number of rotatable bonds is 3. The van der Waals surface area contributed by atoms with Gasteiger partial charge in [0.15, 0.2) is 0 Å². The van der Waals surface area contributed by atoms with Crippen LogP contribution in [0.25, 0.3) is 0 Å². The third-order valence-corrected chi connectivity index (χ3v) is 4.09. The second-order valence-corrected chi connectivity index (χ2v) is 7.78. The van der Waals surface area contributed by atoms with Crippen molar-refractivity contribution in [3.63, 3.8) is 0 Å². The Kier molecular flexibility index (Phi) is 9.40. The van der Waals surface area contributed by atoms with Crippen molar-refractivity contribution in [3.05, 3.63) is 22.2 Å². The van der Waals surface area contributed by atoms with Crippen molar-refractivity contribution in [1.29, 1.82) is 0 Å². The number of carboxylic acids is 1. The second kappa shape index (κ2) is 11.1. The maximum atomic E-state index is 12.2. The quantitative estimate of drug-likeness (QED) is 0.341. The molecule has 0 saturated carbocycles. The van der Waals surface area contributed by atoms with Gasteiger partial charge in [0.05, 0.1) is 24.1 Å². The van der Waals surface area contributed by atoms with Crippen LogP contribution >= 0.6 is 0 Å². The Hall–Kier alpha value is -3.15. The number of halogens is 3. The van der Waals surface area contributed by atoms with Crippen LogP contribution in [0.5, 0.6) is 0 Å². The highest BCUT2D eigenvalue weighted by Gasteiger charge is 2.41. The van der Waals surface area contributed by atoms with Gasteiger partial charge in [-0.1, -0.05) is 11.8 Å². The first-order valence-corrected chi connectivity index (χ1v) is 9.46. The normalized spacial score (nSPS) is 20.2. The van der Waals surface area contributed by atoms with E-state index in [1.807, 2.05) is 0 Å².